The molecule has 4 rings (SSSR count). The second-order valence-electron chi connectivity index (χ2n) is 5.80. The van der Waals surface area contributed by atoms with Crippen LogP contribution in [0.1, 0.15) is 17.3 Å². The number of hydrogen-bond donors (Lipinski definition) is 0. The van der Waals surface area contributed by atoms with Gasteiger partial charge in [0.2, 0.25) is 5.88 Å². The van der Waals surface area contributed by atoms with Gasteiger partial charge in [-0.1, -0.05) is 18.2 Å². The van der Waals surface area contributed by atoms with Crippen LogP contribution in [0.5, 0.6) is 11.6 Å². The summed E-state index contributed by atoms with van der Waals surface area (Å²) in [7, 11) is 0. The summed E-state index contributed by atoms with van der Waals surface area (Å²) in [6.45, 7) is 2.03. The van der Waals surface area contributed by atoms with Crippen LogP contribution in [0, 0.1) is 5.82 Å². The van der Waals surface area contributed by atoms with Crippen LogP contribution >= 0.6 is 0 Å². The number of halogens is 1. The Morgan fingerprint density at radius 2 is 1.93 bits per heavy atom. The Morgan fingerprint density at radius 3 is 2.75 bits per heavy atom. The van der Waals surface area contributed by atoms with Gasteiger partial charge in [0.15, 0.2) is 11.5 Å². The number of aromatic nitrogens is 4. The fourth-order valence-corrected chi connectivity index (χ4v) is 2.66. The summed E-state index contributed by atoms with van der Waals surface area (Å²) in [5.41, 5.74) is 1.10. The molecular weight excluding hydrogens is 363 g/mol. The molecule has 4 aromatic rings. The van der Waals surface area contributed by atoms with Crippen molar-refractivity contribution in [3.8, 4) is 23.0 Å². The molecule has 7 nitrogen and oxygen atoms in total. The summed E-state index contributed by atoms with van der Waals surface area (Å²) >= 11 is 0. The molecule has 0 aliphatic carbocycles. The average molecular weight is 378 g/mol. The molecule has 0 atom stereocenters. The van der Waals surface area contributed by atoms with Gasteiger partial charge in [0.1, 0.15) is 11.6 Å². The Morgan fingerprint density at radius 1 is 1.07 bits per heavy atom. The Hall–Kier alpha value is -3.81. The van der Waals surface area contributed by atoms with Crippen LogP contribution < -0.4 is 4.74 Å². The van der Waals surface area contributed by atoms with Gasteiger partial charge >= 0.3 is 5.97 Å². The highest BCUT2D eigenvalue weighted by Crippen LogP contribution is 2.24. The summed E-state index contributed by atoms with van der Waals surface area (Å²) in [6.07, 6.45) is 0. The van der Waals surface area contributed by atoms with Crippen LogP contribution in [0.25, 0.3) is 17.0 Å². The molecule has 0 saturated heterocycles. The average Bonchev–Trinajstić information content (AvgIpc) is 3.12. The fraction of sp³-hybridized carbons (Fsp3) is 0.100. The number of benzene rings is 2. The maximum atomic E-state index is 14.1. The van der Waals surface area contributed by atoms with Crippen molar-refractivity contribution < 1.29 is 18.7 Å². The zero-order valence-electron chi connectivity index (χ0n) is 14.9. The second-order valence-corrected chi connectivity index (χ2v) is 5.80. The summed E-state index contributed by atoms with van der Waals surface area (Å²) < 4.78 is 26.3. The molecule has 0 radical (unpaired) electrons. The highest BCUT2D eigenvalue weighted by Gasteiger charge is 2.14. The summed E-state index contributed by atoms with van der Waals surface area (Å²) in [5.74, 6) is 0.0618. The molecule has 8 heteroatoms. The zero-order chi connectivity index (χ0) is 19.5. The third-order valence-corrected chi connectivity index (χ3v) is 3.92. The van der Waals surface area contributed by atoms with E-state index in [0.717, 1.165) is 0 Å². The molecule has 0 amide bonds. The van der Waals surface area contributed by atoms with Crippen LogP contribution in [-0.2, 0) is 4.74 Å². The third kappa shape index (κ3) is 3.39. The van der Waals surface area contributed by atoms with E-state index in [1.807, 2.05) is 0 Å². The van der Waals surface area contributed by atoms with E-state index in [4.69, 9.17) is 9.47 Å². The quantitative estimate of drug-likeness (QED) is 0.490. The van der Waals surface area contributed by atoms with Gasteiger partial charge in [-0.15, -0.1) is 15.3 Å². The summed E-state index contributed by atoms with van der Waals surface area (Å²) in [5, 5.41) is 12.4. The Kier molecular flexibility index (Phi) is 4.67. The molecular formula is C20H15FN4O3. The van der Waals surface area contributed by atoms with Gasteiger partial charge in [0.25, 0.3) is 0 Å². The van der Waals surface area contributed by atoms with Gasteiger partial charge < -0.3 is 9.47 Å². The first kappa shape index (κ1) is 17.6. The lowest BCUT2D eigenvalue weighted by molar-refractivity contribution is 0.0526. The largest absolute Gasteiger partial charge is 0.462 e. The standard InChI is InChI=1S/C20H15FN4O3/c1-2-27-20(26)13-6-5-7-14(12-13)28-18-11-10-17-22-23-19(25(17)24-18)15-8-3-4-9-16(15)21/h3-12H,2H2,1H3. The van der Waals surface area contributed by atoms with Gasteiger partial charge in [-0.3, -0.25) is 0 Å². The molecule has 0 aliphatic heterocycles. The molecule has 2 heterocycles. The number of hydrogen-bond acceptors (Lipinski definition) is 6. The topological polar surface area (TPSA) is 78.6 Å². The van der Waals surface area contributed by atoms with Crippen molar-refractivity contribution in [2.75, 3.05) is 6.61 Å². The zero-order valence-corrected chi connectivity index (χ0v) is 14.9. The van der Waals surface area contributed by atoms with Gasteiger partial charge in [-0.2, -0.15) is 4.52 Å². The van der Waals surface area contributed by atoms with Crippen molar-refractivity contribution in [3.05, 3.63) is 72.0 Å². The number of ether oxygens (including phenoxy) is 2. The molecule has 0 saturated carbocycles. The van der Waals surface area contributed by atoms with Crippen molar-refractivity contribution in [1.29, 1.82) is 0 Å². The van der Waals surface area contributed by atoms with E-state index < -0.39 is 11.8 Å². The maximum Gasteiger partial charge on any atom is 0.338 e. The third-order valence-electron chi connectivity index (χ3n) is 3.92. The van der Waals surface area contributed by atoms with Crippen LogP contribution in [-0.4, -0.2) is 32.4 Å². The number of fused-ring (bicyclic) bond motifs is 1. The molecule has 0 unspecified atom stereocenters. The molecule has 0 bridgehead atoms. The van der Waals surface area contributed by atoms with Crippen molar-refractivity contribution in [1.82, 2.24) is 19.8 Å². The number of carbonyl (C=O) groups excluding carboxylic acids is 1. The van der Waals surface area contributed by atoms with Crippen LogP contribution in [0.3, 0.4) is 0 Å². The SMILES string of the molecule is CCOC(=O)c1cccc(Oc2ccc3nnc(-c4ccccc4F)n3n2)c1. The normalized spacial score (nSPS) is 10.8. The Labute approximate surface area is 159 Å². The minimum atomic E-state index is -0.433. The predicted octanol–water partition coefficient (Wildman–Crippen LogP) is 3.90. The fourth-order valence-electron chi connectivity index (χ4n) is 2.66. The smallest absolute Gasteiger partial charge is 0.338 e. The maximum absolute atomic E-state index is 14.1. The number of carbonyl (C=O) groups is 1. The molecule has 0 spiro atoms. The van der Waals surface area contributed by atoms with Crippen molar-refractivity contribution in [2.45, 2.75) is 6.92 Å². The summed E-state index contributed by atoms with van der Waals surface area (Å²) in [6, 6.07) is 16.1. The lowest BCUT2D eigenvalue weighted by Crippen LogP contribution is -2.04. The first-order valence-electron chi connectivity index (χ1n) is 8.58. The molecule has 0 fully saturated rings. The first-order valence-corrected chi connectivity index (χ1v) is 8.58. The molecule has 140 valence electrons. The summed E-state index contributed by atoms with van der Waals surface area (Å²) in [4.78, 5) is 11.9. The van der Waals surface area contributed by atoms with Gasteiger partial charge in [-0.05, 0) is 43.3 Å². The van der Waals surface area contributed by atoms with Gasteiger partial charge in [0, 0.05) is 6.07 Å². The number of esters is 1. The Balaban J connectivity index is 1.67. The van der Waals surface area contributed by atoms with Crippen LogP contribution in [0.2, 0.25) is 0 Å². The highest BCUT2D eigenvalue weighted by atomic mass is 19.1. The van der Waals surface area contributed by atoms with Gasteiger partial charge in [-0.25, -0.2) is 9.18 Å². The molecule has 0 aliphatic rings. The second kappa shape index (κ2) is 7.43. The van der Waals surface area contributed by atoms with Gasteiger partial charge in [0.05, 0.1) is 17.7 Å². The molecule has 2 aromatic heterocycles. The van der Waals surface area contributed by atoms with Crippen molar-refractivity contribution in [2.24, 2.45) is 0 Å². The number of rotatable bonds is 5. The van der Waals surface area contributed by atoms with Crippen LogP contribution in [0.15, 0.2) is 60.7 Å². The van der Waals surface area contributed by atoms with Crippen LogP contribution in [0.4, 0.5) is 4.39 Å². The molecule has 0 N–H and O–H groups in total. The van der Waals surface area contributed by atoms with E-state index in [-0.39, 0.29) is 23.9 Å². The van der Waals surface area contributed by atoms with E-state index in [1.165, 1.54) is 10.6 Å². The Bertz CT molecular complexity index is 1160. The molecule has 2 aromatic carbocycles. The predicted molar refractivity (Wildman–Crippen MR) is 98.6 cm³/mol. The van der Waals surface area contributed by atoms with E-state index >= 15 is 0 Å². The number of nitrogens with zero attached hydrogens (tertiary/aromatic N) is 4. The minimum Gasteiger partial charge on any atom is -0.462 e. The molecule has 28 heavy (non-hydrogen) atoms. The highest BCUT2D eigenvalue weighted by molar-refractivity contribution is 5.89. The minimum absolute atomic E-state index is 0.242. The van der Waals surface area contributed by atoms with E-state index in [0.29, 0.717) is 17.0 Å². The van der Waals surface area contributed by atoms with Crippen molar-refractivity contribution in [3.63, 3.8) is 0 Å². The van der Waals surface area contributed by atoms with Crippen molar-refractivity contribution >= 4 is 11.6 Å². The lowest BCUT2D eigenvalue weighted by atomic mass is 10.2. The first-order chi connectivity index (χ1) is 13.7. The monoisotopic (exact) mass is 378 g/mol. The van der Waals surface area contributed by atoms with E-state index in [1.54, 1.807) is 61.5 Å². The lowest BCUT2D eigenvalue weighted by Gasteiger charge is -2.07. The van der Waals surface area contributed by atoms with E-state index in [2.05, 4.69) is 15.3 Å². The van der Waals surface area contributed by atoms with E-state index in [9.17, 15) is 9.18 Å².